The largest absolute Gasteiger partial charge is 0.493 e. The highest BCUT2D eigenvalue weighted by atomic mass is 16.6. The fraction of sp³-hybridized carbons (Fsp3) is 0.636. The average Bonchev–Trinajstić information content (AvgIpc) is 3.06. The van der Waals surface area contributed by atoms with Crippen molar-refractivity contribution in [3.8, 4) is 5.75 Å². The lowest BCUT2D eigenvalue weighted by Crippen LogP contribution is -2.42. The van der Waals surface area contributed by atoms with Crippen LogP contribution in [0.15, 0.2) is 18.3 Å². The van der Waals surface area contributed by atoms with E-state index in [0.29, 0.717) is 13.1 Å². The Hall–Kier alpha value is -2.24. The Morgan fingerprint density at radius 1 is 1.25 bits per heavy atom. The molecule has 6 heteroatoms. The molecule has 1 aliphatic heterocycles. The third kappa shape index (κ3) is 4.59. The first-order valence-electron chi connectivity index (χ1n) is 10.4. The molecule has 2 heterocycles. The molecule has 6 nitrogen and oxygen atoms in total. The van der Waals surface area contributed by atoms with Gasteiger partial charge in [0.25, 0.3) is 0 Å². The van der Waals surface area contributed by atoms with Crippen LogP contribution in [0, 0.1) is 6.92 Å². The minimum Gasteiger partial charge on any atom is -0.493 e. The predicted octanol–water partition coefficient (Wildman–Crippen LogP) is 5.10. The smallest absolute Gasteiger partial charge is 0.410 e. The topological polar surface area (TPSA) is 56.6 Å². The Labute approximate surface area is 167 Å². The molecular weight excluding hydrogens is 354 g/mol. The van der Waals surface area contributed by atoms with Crippen LogP contribution in [0.5, 0.6) is 5.75 Å². The highest BCUT2D eigenvalue weighted by Crippen LogP contribution is 2.33. The number of ether oxygens (including phenoxy) is 2. The molecule has 1 amide bonds. The summed E-state index contributed by atoms with van der Waals surface area (Å²) in [5.41, 5.74) is 1.79. The SMILES string of the molecule is CCCCOc1c(C)ccc2c1cnn2C1CCN(C(=O)OC(C)(C)C)CC1. The van der Waals surface area contributed by atoms with Crippen molar-refractivity contribution in [2.24, 2.45) is 0 Å². The van der Waals surface area contributed by atoms with Gasteiger partial charge in [-0.25, -0.2) is 4.79 Å². The van der Waals surface area contributed by atoms with E-state index >= 15 is 0 Å². The number of rotatable bonds is 5. The maximum Gasteiger partial charge on any atom is 0.410 e. The quantitative estimate of drug-likeness (QED) is 0.670. The van der Waals surface area contributed by atoms with Gasteiger partial charge in [0.2, 0.25) is 0 Å². The fourth-order valence-electron chi connectivity index (χ4n) is 3.63. The maximum absolute atomic E-state index is 12.3. The van der Waals surface area contributed by atoms with Gasteiger partial charge in [-0.1, -0.05) is 19.4 Å². The number of aryl methyl sites for hydroxylation is 1. The number of hydrogen-bond acceptors (Lipinski definition) is 4. The van der Waals surface area contributed by atoms with Crippen LogP contribution in [-0.4, -0.2) is 46.1 Å². The number of fused-ring (bicyclic) bond motifs is 1. The Balaban J connectivity index is 1.72. The molecule has 0 saturated carbocycles. The summed E-state index contributed by atoms with van der Waals surface area (Å²) in [6, 6.07) is 4.52. The first-order valence-corrected chi connectivity index (χ1v) is 10.4. The molecule has 1 aliphatic rings. The Kier molecular flexibility index (Phi) is 6.16. The van der Waals surface area contributed by atoms with Crippen LogP contribution >= 0.6 is 0 Å². The van der Waals surface area contributed by atoms with Gasteiger partial charge < -0.3 is 14.4 Å². The van der Waals surface area contributed by atoms with Crippen molar-refractivity contribution in [3.05, 3.63) is 23.9 Å². The zero-order valence-corrected chi connectivity index (χ0v) is 17.8. The molecule has 1 fully saturated rings. The molecule has 1 aromatic carbocycles. The lowest BCUT2D eigenvalue weighted by Gasteiger charge is -2.33. The molecule has 28 heavy (non-hydrogen) atoms. The Morgan fingerprint density at radius 2 is 1.96 bits per heavy atom. The molecule has 0 aliphatic carbocycles. The highest BCUT2D eigenvalue weighted by molar-refractivity contribution is 5.86. The van der Waals surface area contributed by atoms with Crippen molar-refractivity contribution in [3.63, 3.8) is 0 Å². The van der Waals surface area contributed by atoms with E-state index in [1.807, 2.05) is 27.0 Å². The van der Waals surface area contributed by atoms with Crippen molar-refractivity contribution in [2.75, 3.05) is 19.7 Å². The standard InChI is InChI=1S/C22H33N3O3/c1-6-7-14-27-20-16(2)8-9-19-18(20)15-23-25(19)17-10-12-24(13-11-17)21(26)28-22(3,4)5/h8-9,15,17H,6-7,10-14H2,1-5H3. The second-order valence-corrected chi connectivity index (χ2v) is 8.63. The monoisotopic (exact) mass is 387 g/mol. The van der Waals surface area contributed by atoms with Gasteiger partial charge in [-0.15, -0.1) is 0 Å². The molecule has 0 atom stereocenters. The number of nitrogens with zero attached hydrogens (tertiary/aromatic N) is 3. The first kappa shape index (κ1) is 20.5. The Bertz CT molecular complexity index is 814. The van der Waals surface area contributed by atoms with Gasteiger partial charge in [0.1, 0.15) is 11.4 Å². The molecule has 154 valence electrons. The van der Waals surface area contributed by atoms with Gasteiger partial charge in [-0.3, -0.25) is 4.68 Å². The summed E-state index contributed by atoms with van der Waals surface area (Å²) < 4.78 is 13.7. The number of piperidine rings is 1. The normalized spacial score (nSPS) is 15.8. The molecule has 0 N–H and O–H groups in total. The van der Waals surface area contributed by atoms with Crippen molar-refractivity contribution in [2.45, 2.75) is 71.9 Å². The zero-order chi connectivity index (χ0) is 20.3. The number of benzene rings is 1. The first-order chi connectivity index (χ1) is 13.3. The van der Waals surface area contributed by atoms with Gasteiger partial charge in [0.15, 0.2) is 0 Å². The third-order valence-electron chi connectivity index (χ3n) is 5.13. The van der Waals surface area contributed by atoms with Crippen LogP contribution in [0.2, 0.25) is 0 Å². The van der Waals surface area contributed by atoms with E-state index in [2.05, 4.69) is 35.8 Å². The van der Waals surface area contributed by atoms with Crippen molar-refractivity contribution in [1.82, 2.24) is 14.7 Å². The number of carbonyl (C=O) groups is 1. The maximum atomic E-state index is 12.3. The summed E-state index contributed by atoms with van der Waals surface area (Å²) in [6.45, 7) is 12.0. The minimum absolute atomic E-state index is 0.224. The van der Waals surface area contributed by atoms with Gasteiger partial charge >= 0.3 is 6.09 Å². The number of amides is 1. The van der Waals surface area contributed by atoms with Crippen molar-refractivity contribution in [1.29, 1.82) is 0 Å². The van der Waals surface area contributed by atoms with E-state index in [1.165, 1.54) is 0 Å². The summed E-state index contributed by atoms with van der Waals surface area (Å²) in [4.78, 5) is 14.1. The average molecular weight is 388 g/mol. The predicted molar refractivity (Wildman–Crippen MR) is 111 cm³/mol. The summed E-state index contributed by atoms with van der Waals surface area (Å²) in [5.74, 6) is 0.948. The zero-order valence-electron chi connectivity index (χ0n) is 17.8. The van der Waals surface area contributed by atoms with Crippen LogP contribution in [-0.2, 0) is 4.74 Å². The van der Waals surface area contributed by atoms with E-state index in [4.69, 9.17) is 9.47 Å². The summed E-state index contributed by atoms with van der Waals surface area (Å²) >= 11 is 0. The molecule has 0 radical (unpaired) electrons. The van der Waals surface area contributed by atoms with Gasteiger partial charge in [-0.05, 0) is 58.6 Å². The van der Waals surface area contributed by atoms with E-state index < -0.39 is 5.60 Å². The second-order valence-electron chi connectivity index (χ2n) is 8.63. The lowest BCUT2D eigenvalue weighted by molar-refractivity contribution is 0.0186. The van der Waals surface area contributed by atoms with E-state index in [0.717, 1.165) is 54.5 Å². The van der Waals surface area contributed by atoms with Crippen molar-refractivity contribution >= 4 is 17.0 Å². The summed E-state index contributed by atoms with van der Waals surface area (Å²) in [7, 11) is 0. The van der Waals surface area contributed by atoms with E-state index in [9.17, 15) is 4.79 Å². The number of aromatic nitrogens is 2. The number of carbonyl (C=O) groups excluding carboxylic acids is 1. The summed E-state index contributed by atoms with van der Waals surface area (Å²) in [5, 5.41) is 5.75. The number of hydrogen-bond donors (Lipinski definition) is 0. The number of unbranched alkanes of at least 4 members (excludes halogenated alkanes) is 1. The van der Waals surface area contributed by atoms with Crippen LogP contribution < -0.4 is 4.74 Å². The van der Waals surface area contributed by atoms with Crippen LogP contribution in [0.25, 0.3) is 10.9 Å². The van der Waals surface area contributed by atoms with E-state index in [1.54, 1.807) is 4.90 Å². The van der Waals surface area contributed by atoms with Crippen LogP contribution in [0.3, 0.4) is 0 Å². The molecule has 2 aromatic rings. The molecule has 0 bridgehead atoms. The van der Waals surface area contributed by atoms with Crippen LogP contribution in [0.4, 0.5) is 4.79 Å². The molecule has 0 spiro atoms. The molecule has 0 unspecified atom stereocenters. The second kappa shape index (κ2) is 8.41. The summed E-state index contributed by atoms with van der Waals surface area (Å²) in [6.07, 6.45) is 5.60. The fourth-order valence-corrected chi connectivity index (χ4v) is 3.63. The lowest BCUT2D eigenvalue weighted by atomic mass is 10.0. The molecule has 1 saturated heterocycles. The molecular formula is C22H33N3O3. The van der Waals surface area contributed by atoms with Gasteiger partial charge in [0, 0.05) is 13.1 Å². The van der Waals surface area contributed by atoms with E-state index in [-0.39, 0.29) is 12.1 Å². The van der Waals surface area contributed by atoms with Crippen LogP contribution in [0.1, 0.15) is 65.0 Å². The highest BCUT2D eigenvalue weighted by Gasteiger charge is 2.28. The minimum atomic E-state index is -0.460. The van der Waals surface area contributed by atoms with Gasteiger partial charge in [0.05, 0.1) is 29.7 Å². The Morgan fingerprint density at radius 3 is 2.61 bits per heavy atom. The molecule has 3 rings (SSSR count). The van der Waals surface area contributed by atoms with Gasteiger partial charge in [-0.2, -0.15) is 5.10 Å². The van der Waals surface area contributed by atoms with Crippen molar-refractivity contribution < 1.29 is 14.3 Å². The molecule has 1 aromatic heterocycles. The number of likely N-dealkylation sites (tertiary alicyclic amines) is 1. The third-order valence-corrected chi connectivity index (χ3v) is 5.13.